The monoisotopic (exact) mass is 433 g/mol. The summed E-state index contributed by atoms with van der Waals surface area (Å²) >= 11 is 0. The molecule has 0 aromatic heterocycles. The predicted molar refractivity (Wildman–Crippen MR) is 110 cm³/mol. The number of carbonyl (C=O) groups is 1. The number of esters is 1. The van der Waals surface area contributed by atoms with Crippen molar-refractivity contribution in [2.45, 2.75) is 61.2 Å². The van der Waals surface area contributed by atoms with Crippen LogP contribution in [0.2, 0.25) is 0 Å². The van der Waals surface area contributed by atoms with E-state index in [1.165, 1.54) is 6.92 Å². The van der Waals surface area contributed by atoms with Gasteiger partial charge in [-0.15, -0.1) is 0 Å². The SMILES string of the molecule is COc1ccc2c(c1OC)C13CCN(C)C14CC2OC4(OC)C(OC)C(OC(C)=O)C3. The molecule has 6 atom stereocenters. The Bertz CT molecular complexity index is 921. The summed E-state index contributed by atoms with van der Waals surface area (Å²) in [5, 5.41) is 0. The van der Waals surface area contributed by atoms with Crippen molar-refractivity contribution in [3.63, 3.8) is 0 Å². The molecular formula is C23H31NO7. The molecule has 2 aliphatic heterocycles. The molecule has 8 heteroatoms. The predicted octanol–water partition coefficient (Wildman–Crippen LogP) is 2.18. The fraction of sp³-hybridized carbons (Fsp3) is 0.696. The van der Waals surface area contributed by atoms with E-state index in [9.17, 15) is 4.79 Å². The van der Waals surface area contributed by atoms with Gasteiger partial charge in [0.05, 0.1) is 25.9 Å². The van der Waals surface area contributed by atoms with Gasteiger partial charge in [-0.25, -0.2) is 0 Å². The molecule has 8 nitrogen and oxygen atoms in total. The van der Waals surface area contributed by atoms with Gasteiger partial charge in [0.25, 0.3) is 0 Å². The molecule has 0 amide bonds. The lowest BCUT2D eigenvalue weighted by atomic mass is 9.50. The van der Waals surface area contributed by atoms with Crippen molar-refractivity contribution in [3.05, 3.63) is 23.3 Å². The molecule has 31 heavy (non-hydrogen) atoms. The van der Waals surface area contributed by atoms with Gasteiger partial charge in [0, 0.05) is 38.5 Å². The summed E-state index contributed by atoms with van der Waals surface area (Å²) in [6.45, 7) is 2.28. The molecule has 1 saturated carbocycles. The fourth-order valence-corrected chi connectivity index (χ4v) is 7.37. The van der Waals surface area contributed by atoms with E-state index in [-0.39, 0.29) is 12.1 Å². The first-order chi connectivity index (χ1) is 14.9. The van der Waals surface area contributed by atoms with Gasteiger partial charge in [0.15, 0.2) is 11.5 Å². The second kappa shape index (κ2) is 6.81. The first kappa shape index (κ1) is 21.0. The molecule has 2 heterocycles. The van der Waals surface area contributed by atoms with Crippen LogP contribution in [-0.2, 0) is 29.2 Å². The van der Waals surface area contributed by atoms with E-state index in [1.54, 1.807) is 28.4 Å². The summed E-state index contributed by atoms with van der Waals surface area (Å²) in [6, 6.07) is 4.01. The van der Waals surface area contributed by atoms with E-state index in [0.717, 1.165) is 36.3 Å². The van der Waals surface area contributed by atoms with E-state index in [2.05, 4.69) is 18.0 Å². The first-order valence-electron chi connectivity index (χ1n) is 10.8. The van der Waals surface area contributed by atoms with Gasteiger partial charge in [0.1, 0.15) is 12.2 Å². The Kier molecular flexibility index (Phi) is 4.61. The smallest absolute Gasteiger partial charge is 0.302 e. The van der Waals surface area contributed by atoms with Crippen LogP contribution in [0.3, 0.4) is 0 Å². The van der Waals surface area contributed by atoms with Crippen LogP contribution in [0, 0.1) is 0 Å². The maximum absolute atomic E-state index is 12.1. The van der Waals surface area contributed by atoms with Crippen molar-refractivity contribution >= 4 is 5.97 Å². The third-order valence-electron chi connectivity index (χ3n) is 8.23. The molecule has 170 valence electrons. The maximum atomic E-state index is 12.1. The number of benzene rings is 1. The van der Waals surface area contributed by atoms with Crippen LogP contribution < -0.4 is 9.47 Å². The van der Waals surface area contributed by atoms with Gasteiger partial charge in [0.2, 0.25) is 5.79 Å². The number of rotatable bonds is 5. The molecule has 2 bridgehead atoms. The number of methoxy groups -OCH3 is 4. The minimum atomic E-state index is -1.10. The zero-order valence-corrected chi connectivity index (χ0v) is 19.0. The minimum Gasteiger partial charge on any atom is -0.493 e. The number of nitrogens with zero attached hydrogens (tertiary/aromatic N) is 1. The largest absolute Gasteiger partial charge is 0.493 e. The summed E-state index contributed by atoms with van der Waals surface area (Å²) in [5.41, 5.74) is 1.25. The normalized spacial score (nSPS) is 40.3. The minimum absolute atomic E-state index is 0.197. The highest BCUT2D eigenvalue weighted by Gasteiger charge is 2.83. The zero-order valence-electron chi connectivity index (χ0n) is 19.0. The molecule has 5 rings (SSSR count). The van der Waals surface area contributed by atoms with E-state index in [4.69, 9.17) is 28.4 Å². The summed E-state index contributed by atoms with van der Waals surface area (Å²) in [4.78, 5) is 14.4. The molecule has 4 aliphatic rings. The third kappa shape index (κ3) is 2.21. The maximum Gasteiger partial charge on any atom is 0.302 e. The molecular weight excluding hydrogens is 402 g/mol. The van der Waals surface area contributed by atoms with Crippen LogP contribution in [0.1, 0.15) is 43.4 Å². The Hall–Kier alpha value is -1.87. The zero-order chi connectivity index (χ0) is 22.2. The van der Waals surface area contributed by atoms with Crippen LogP contribution in [0.25, 0.3) is 0 Å². The van der Waals surface area contributed by atoms with Gasteiger partial charge in [-0.2, -0.15) is 0 Å². The van der Waals surface area contributed by atoms with E-state index < -0.39 is 28.9 Å². The molecule has 0 N–H and O–H groups in total. The summed E-state index contributed by atoms with van der Waals surface area (Å²) in [6.07, 6.45) is 0.928. The van der Waals surface area contributed by atoms with Gasteiger partial charge < -0.3 is 28.4 Å². The third-order valence-corrected chi connectivity index (χ3v) is 8.23. The van der Waals surface area contributed by atoms with E-state index in [0.29, 0.717) is 12.2 Å². The van der Waals surface area contributed by atoms with Gasteiger partial charge in [-0.3, -0.25) is 9.69 Å². The fourth-order valence-electron chi connectivity index (χ4n) is 7.37. The van der Waals surface area contributed by atoms with Crippen molar-refractivity contribution in [3.8, 4) is 11.5 Å². The number of hydrogen-bond acceptors (Lipinski definition) is 8. The highest BCUT2D eigenvalue weighted by atomic mass is 16.7. The van der Waals surface area contributed by atoms with Crippen molar-refractivity contribution in [2.75, 3.05) is 42.0 Å². The molecule has 1 aromatic carbocycles. The van der Waals surface area contributed by atoms with Crippen molar-refractivity contribution in [1.82, 2.24) is 4.90 Å². The Balaban J connectivity index is 1.85. The number of hydrogen-bond donors (Lipinski definition) is 0. The summed E-state index contributed by atoms with van der Waals surface area (Å²) < 4.78 is 36.5. The summed E-state index contributed by atoms with van der Waals surface area (Å²) in [7, 11) is 8.73. The Morgan fingerprint density at radius 1 is 1.16 bits per heavy atom. The average molecular weight is 434 g/mol. The van der Waals surface area contributed by atoms with Crippen LogP contribution in [0.15, 0.2) is 12.1 Å². The van der Waals surface area contributed by atoms with E-state index >= 15 is 0 Å². The van der Waals surface area contributed by atoms with Crippen molar-refractivity contribution in [1.29, 1.82) is 0 Å². The Labute approximate surface area is 182 Å². The Morgan fingerprint density at radius 2 is 1.94 bits per heavy atom. The number of ether oxygens (including phenoxy) is 6. The molecule has 1 aromatic rings. The second-order valence-corrected chi connectivity index (χ2v) is 9.07. The standard InChI is InChI=1S/C23H31NO7/c1-13(25)30-17-11-21-9-10-24(2)22(21)12-16(31-23(22,29-6)20(17)28-5)14-7-8-15(26-3)19(27-4)18(14)21/h7-8,16-17,20H,9-12H2,1-6H3. The van der Waals surface area contributed by atoms with Gasteiger partial charge in [-0.1, -0.05) is 6.07 Å². The van der Waals surface area contributed by atoms with Crippen LogP contribution in [-0.4, -0.2) is 76.4 Å². The molecule has 2 aliphatic carbocycles. The number of fused-ring (bicyclic) bond motifs is 3. The van der Waals surface area contributed by atoms with Crippen LogP contribution >= 0.6 is 0 Å². The van der Waals surface area contributed by atoms with Gasteiger partial charge >= 0.3 is 5.97 Å². The van der Waals surface area contributed by atoms with Crippen LogP contribution in [0.4, 0.5) is 0 Å². The molecule has 1 spiro atoms. The Morgan fingerprint density at radius 3 is 2.55 bits per heavy atom. The highest BCUT2D eigenvalue weighted by molar-refractivity contribution is 5.67. The van der Waals surface area contributed by atoms with Crippen molar-refractivity contribution < 1.29 is 33.2 Å². The molecule has 0 radical (unpaired) electrons. The van der Waals surface area contributed by atoms with Crippen LogP contribution in [0.5, 0.6) is 11.5 Å². The number of carbonyl (C=O) groups excluding carboxylic acids is 1. The summed E-state index contributed by atoms with van der Waals surface area (Å²) in [5.74, 6) is -0.0494. The van der Waals surface area contributed by atoms with Crippen molar-refractivity contribution in [2.24, 2.45) is 0 Å². The molecule has 3 fully saturated rings. The second-order valence-electron chi connectivity index (χ2n) is 9.07. The quantitative estimate of drug-likeness (QED) is 0.654. The average Bonchev–Trinajstić information content (AvgIpc) is 3.26. The lowest BCUT2D eigenvalue weighted by molar-refractivity contribution is -0.340. The number of likely N-dealkylation sites (N-methyl/N-ethyl adjacent to an activating group) is 1. The number of likely N-dealkylation sites (tertiary alicyclic amines) is 1. The molecule has 6 unspecified atom stereocenters. The topological polar surface area (TPSA) is 75.7 Å². The van der Waals surface area contributed by atoms with Gasteiger partial charge in [-0.05, 0) is 38.1 Å². The lowest BCUT2D eigenvalue weighted by Crippen LogP contribution is -2.77. The molecule has 2 saturated heterocycles. The first-order valence-corrected chi connectivity index (χ1v) is 10.8. The van der Waals surface area contributed by atoms with E-state index in [1.807, 2.05) is 6.07 Å². The highest BCUT2D eigenvalue weighted by Crippen LogP contribution is 2.73. The lowest BCUT2D eigenvalue weighted by Gasteiger charge is -2.61.